The minimum absolute atomic E-state index is 0.0778. The molecule has 0 saturated carbocycles. The van der Waals surface area contributed by atoms with Crippen LogP contribution in [0, 0.1) is 0 Å². The molecule has 1 aliphatic rings. The van der Waals surface area contributed by atoms with Gasteiger partial charge in [0.15, 0.2) is 17.6 Å². The van der Waals surface area contributed by atoms with Crippen molar-refractivity contribution < 1.29 is 19.4 Å². The van der Waals surface area contributed by atoms with Crippen LogP contribution in [-0.2, 0) is 17.9 Å². The second kappa shape index (κ2) is 6.93. The SMILES string of the molecule is CCC1Oc2c(OC)cc(CO)cc2N(Cc2ccccc2)C1=O. The number of benzene rings is 2. The summed E-state index contributed by atoms with van der Waals surface area (Å²) in [4.78, 5) is 14.5. The number of aliphatic hydroxyl groups excluding tert-OH is 1. The smallest absolute Gasteiger partial charge is 0.268 e. The number of carbonyl (C=O) groups is 1. The Kier molecular flexibility index (Phi) is 4.71. The molecule has 0 bridgehead atoms. The highest BCUT2D eigenvalue weighted by atomic mass is 16.5. The van der Waals surface area contributed by atoms with Crippen LogP contribution < -0.4 is 14.4 Å². The van der Waals surface area contributed by atoms with Crippen molar-refractivity contribution >= 4 is 11.6 Å². The molecule has 3 rings (SSSR count). The Balaban J connectivity index is 2.09. The van der Waals surface area contributed by atoms with Gasteiger partial charge in [0.25, 0.3) is 5.91 Å². The van der Waals surface area contributed by atoms with Crippen LogP contribution in [0.2, 0.25) is 0 Å². The van der Waals surface area contributed by atoms with Crippen molar-refractivity contribution in [3.8, 4) is 11.5 Å². The molecule has 5 heteroatoms. The third kappa shape index (κ3) is 2.95. The molecule has 1 N–H and O–H groups in total. The predicted octanol–water partition coefficient (Wildman–Crippen LogP) is 2.89. The molecule has 1 unspecified atom stereocenters. The highest BCUT2D eigenvalue weighted by molar-refractivity contribution is 6.00. The van der Waals surface area contributed by atoms with E-state index < -0.39 is 6.10 Å². The average molecular weight is 327 g/mol. The summed E-state index contributed by atoms with van der Waals surface area (Å²) in [7, 11) is 1.55. The van der Waals surface area contributed by atoms with Crippen molar-refractivity contribution in [2.24, 2.45) is 0 Å². The molecule has 0 saturated heterocycles. The maximum atomic E-state index is 12.8. The maximum absolute atomic E-state index is 12.8. The van der Waals surface area contributed by atoms with Crippen molar-refractivity contribution in [2.45, 2.75) is 32.6 Å². The Morgan fingerprint density at radius 3 is 2.58 bits per heavy atom. The monoisotopic (exact) mass is 327 g/mol. The first kappa shape index (κ1) is 16.3. The Bertz CT molecular complexity index is 730. The van der Waals surface area contributed by atoms with E-state index in [1.54, 1.807) is 24.1 Å². The van der Waals surface area contributed by atoms with E-state index in [4.69, 9.17) is 9.47 Å². The van der Waals surface area contributed by atoms with Crippen LogP contribution in [0.1, 0.15) is 24.5 Å². The summed E-state index contributed by atoms with van der Waals surface area (Å²) >= 11 is 0. The minimum Gasteiger partial charge on any atom is -0.493 e. The largest absolute Gasteiger partial charge is 0.493 e. The highest BCUT2D eigenvalue weighted by Crippen LogP contribution is 2.43. The van der Waals surface area contributed by atoms with Crippen LogP contribution >= 0.6 is 0 Å². The van der Waals surface area contributed by atoms with Gasteiger partial charge in [-0.2, -0.15) is 0 Å². The van der Waals surface area contributed by atoms with Gasteiger partial charge < -0.3 is 19.5 Å². The van der Waals surface area contributed by atoms with Gasteiger partial charge in [-0.05, 0) is 29.7 Å². The number of hydrogen-bond donors (Lipinski definition) is 1. The van der Waals surface area contributed by atoms with Crippen LogP contribution in [-0.4, -0.2) is 24.2 Å². The molecule has 0 fully saturated rings. The molecule has 0 aliphatic carbocycles. The average Bonchev–Trinajstić information content (AvgIpc) is 2.63. The van der Waals surface area contributed by atoms with Crippen molar-refractivity contribution in [3.05, 3.63) is 53.6 Å². The lowest BCUT2D eigenvalue weighted by atomic mass is 10.1. The standard InChI is InChI=1S/C19H21NO4/c1-3-16-19(22)20(11-13-7-5-4-6-8-13)15-9-14(12-21)10-17(23-2)18(15)24-16/h4-10,16,21H,3,11-12H2,1-2H3. The lowest BCUT2D eigenvalue weighted by molar-refractivity contribution is -0.126. The molecule has 0 radical (unpaired) electrons. The molecule has 24 heavy (non-hydrogen) atoms. The lowest BCUT2D eigenvalue weighted by Crippen LogP contribution is -2.45. The quantitative estimate of drug-likeness (QED) is 0.917. The number of carbonyl (C=O) groups excluding carboxylic acids is 1. The van der Waals surface area contributed by atoms with E-state index in [0.29, 0.717) is 35.7 Å². The van der Waals surface area contributed by atoms with E-state index >= 15 is 0 Å². The molecule has 1 atom stereocenters. The molecular weight excluding hydrogens is 306 g/mol. The van der Waals surface area contributed by atoms with Gasteiger partial charge in [0.2, 0.25) is 0 Å². The van der Waals surface area contributed by atoms with Crippen LogP contribution in [0.15, 0.2) is 42.5 Å². The topological polar surface area (TPSA) is 59.0 Å². The molecule has 0 spiro atoms. The fourth-order valence-corrected chi connectivity index (χ4v) is 2.88. The summed E-state index contributed by atoms with van der Waals surface area (Å²) in [5.41, 5.74) is 2.34. The number of amides is 1. The number of fused-ring (bicyclic) bond motifs is 1. The minimum atomic E-state index is -0.532. The molecule has 5 nitrogen and oxygen atoms in total. The Morgan fingerprint density at radius 1 is 1.21 bits per heavy atom. The summed E-state index contributed by atoms with van der Waals surface area (Å²) in [6.07, 6.45) is 0.0455. The zero-order valence-corrected chi connectivity index (χ0v) is 13.9. The first-order valence-corrected chi connectivity index (χ1v) is 8.01. The first-order chi connectivity index (χ1) is 11.7. The number of aliphatic hydroxyl groups is 1. The summed E-state index contributed by atoms with van der Waals surface area (Å²) in [6, 6.07) is 13.3. The summed E-state index contributed by atoms with van der Waals surface area (Å²) in [6.45, 7) is 2.24. The summed E-state index contributed by atoms with van der Waals surface area (Å²) in [5, 5.41) is 9.50. The van der Waals surface area contributed by atoms with E-state index in [9.17, 15) is 9.90 Å². The maximum Gasteiger partial charge on any atom is 0.268 e. The fraction of sp³-hybridized carbons (Fsp3) is 0.316. The zero-order chi connectivity index (χ0) is 17.1. The molecule has 2 aromatic rings. The third-order valence-electron chi connectivity index (χ3n) is 4.14. The molecular formula is C19H21NO4. The van der Waals surface area contributed by atoms with E-state index in [0.717, 1.165) is 5.56 Å². The van der Waals surface area contributed by atoms with Crippen LogP contribution in [0.5, 0.6) is 11.5 Å². The van der Waals surface area contributed by atoms with Gasteiger partial charge in [-0.1, -0.05) is 37.3 Å². The van der Waals surface area contributed by atoms with Gasteiger partial charge in [0.05, 0.1) is 25.9 Å². The van der Waals surface area contributed by atoms with Gasteiger partial charge >= 0.3 is 0 Å². The van der Waals surface area contributed by atoms with Crippen molar-refractivity contribution in [3.63, 3.8) is 0 Å². The molecule has 126 valence electrons. The van der Waals surface area contributed by atoms with Crippen LogP contribution in [0.3, 0.4) is 0 Å². The third-order valence-corrected chi connectivity index (χ3v) is 4.14. The van der Waals surface area contributed by atoms with Crippen molar-refractivity contribution in [2.75, 3.05) is 12.0 Å². The van der Waals surface area contributed by atoms with Gasteiger partial charge in [-0.25, -0.2) is 0 Å². The highest BCUT2D eigenvalue weighted by Gasteiger charge is 2.35. The Labute approximate surface area is 141 Å². The van der Waals surface area contributed by atoms with E-state index in [-0.39, 0.29) is 12.5 Å². The lowest BCUT2D eigenvalue weighted by Gasteiger charge is -2.35. The molecule has 1 aliphatic heterocycles. The van der Waals surface area contributed by atoms with E-state index in [2.05, 4.69) is 0 Å². The van der Waals surface area contributed by atoms with Crippen LogP contribution in [0.4, 0.5) is 5.69 Å². The summed E-state index contributed by atoms with van der Waals surface area (Å²) in [5.74, 6) is 1.00. The second-order valence-electron chi connectivity index (χ2n) is 5.73. The predicted molar refractivity (Wildman–Crippen MR) is 91.3 cm³/mol. The normalized spacial score (nSPS) is 16.5. The zero-order valence-electron chi connectivity index (χ0n) is 13.9. The van der Waals surface area contributed by atoms with E-state index in [1.165, 1.54) is 0 Å². The van der Waals surface area contributed by atoms with Gasteiger partial charge in [0.1, 0.15) is 0 Å². The van der Waals surface area contributed by atoms with Crippen molar-refractivity contribution in [1.29, 1.82) is 0 Å². The Morgan fingerprint density at radius 2 is 1.96 bits per heavy atom. The Hall–Kier alpha value is -2.53. The number of ether oxygens (including phenoxy) is 2. The van der Waals surface area contributed by atoms with Crippen LogP contribution in [0.25, 0.3) is 0 Å². The number of anilines is 1. The number of rotatable bonds is 5. The van der Waals surface area contributed by atoms with Gasteiger partial charge in [0, 0.05) is 0 Å². The first-order valence-electron chi connectivity index (χ1n) is 8.01. The van der Waals surface area contributed by atoms with Gasteiger partial charge in [-0.15, -0.1) is 0 Å². The number of methoxy groups -OCH3 is 1. The number of hydrogen-bond acceptors (Lipinski definition) is 4. The summed E-state index contributed by atoms with van der Waals surface area (Å²) < 4.78 is 11.3. The fourth-order valence-electron chi connectivity index (χ4n) is 2.88. The second-order valence-corrected chi connectivity index (χ2v) is 5.73. The number of nitrogens with zero attached hydrogens (tertiary/aromatic N) is 1. The molecule has 1 heterocycles. The van der Waals surface area contributed by atoms with E-state index in [1.807, 2.05) is 37.3 Å². The van der Waals surface area contributed by atoms with Gasteiger partial charge in [-0.3, -0.25) is 4.79 Å². The molecule has 2 aromatic carbocycles. The molecule has 0 aromatic heterocycles. The molecule has 1 amide bonds. The van der Waals surface area contributed by atoms with Crippen molar-refractivity contribution in [1.82, 2.24) is 0 Å².